The van der Waals surface area contributed by atoms with Gasteiger partial charge in [-0.15, -0.1) is 0 Å². The van der Waals surface area contributed by atoms with Crippen LogP contribution in [-0.4, -0.2) is 85.7 Å². The van der Waals surface area contributed by atoms with Crippen LogP contribution in [0.2, 0.25) is 0 Å². The number of fused-ring (bicyclic) bond motifs is 1. The van der Waals surface area contributed by atoms with Crippen molar-refractivity contribution in [3.05, 3.63) is 80.9 Å². The summed E-state index contributed by atoms with van der Waals surface area (Å²) in [5.74, 6) is -1.53. The number of anilines is 2. The second-order valence-corrected chi connectivity index (χ2v) is 11.6. The lowest BCUT2D eigenvalue weighted by molar-refractivity contribution is -0.384. The summed E-state index contributed by atoms with van der Waals surface area (Å²) < 4.78 is 16.6. The molecule has 0 unspecified atom stereocenters. The van der Waals surface area contributed by atoms with E-state index < -0.39 is 58.9 Å². The molecule has 19 heteroatoms. The Bertz CT molecular complexity index is 1940. The molecule has 0 aliphatic carbocycles. The lowest BCUT2D eigenvalue weighted by Crippen LogP contribution is -2.44. The van der Waals surface area contributed by atoms with E-state index in [1.807, 2.05) is 6.07 Å². The van der Waals surface area contributed by atoms with Gasteiger partial charge in [0.1, 0.15) is 30.2 Å². The molecular weight excluding hydrogens is 658 g/mol. The van der Waals surface area contributed by atoms with Crippen LogP contribution in [0.3, 0.4) is 0 Å². The number of rotatable bonds is 13. The van der Waals surface area contributed by atoms with Gasteiger partial charge in [-0.2, -0.15) is 4.98 Å². The number of imidazole rings is 1. The van der Waals surface area contributed by atoms with E-state index in [-0.39, 0.29) is 48.2 Å². The van der Waals surface area contributed by atoms with Gasteiger partial charge in [-0.25, -0.2) is 14.6 Å². The Hall–Kier alpha value is -6.53. The number of carbonyl (C=O) groups excluding carboxylic acids is 4. The van der Waals surface area contributed by atoms with Crippen LogP contribution in [0.1, 0.15) is 26.3 Å². The van der Waals surface area contributed by atoms with Gasteiger partial charge < -0.3 is 34.3 Å². The fourth-order valence-corrected chi connectivity index (χ4v) is 4.39. The quantitative estimate of drug-likeness (QED) is 0.117. The maximum Gasteiger partial charge on any atom is 0.414 e. The first-order chi connectivity index (χ1) is 23.7. The number of nitro groups is 1. The lowest BCUT2D eigenvalue weighted by Gasteiger charge is -2.24. The number of amides is 4. The number of methoxy groups -OCH3 is 1. The average Bonchev–Trinajstić information content (AvgIpc) is 3.45. The Balaban J connectivity index is 1.50. The van der Waals surface area contributed by atoms with Crippen molar-refractivity contribution in [2.75, 3.05) is 37.4 Å². The molecule has 0 fully saturated rings. The molecule has 0 bridgehead atoms. The van der Waals surface area contributed by atoms with Crippen molar-refractivity contribution in [2.45, 2.75) is 39.5 Å². The molecule has 4 amide bonds. The number of ether oxygens (including phenoxy) is 3. The number of aromatic amines is 1. The Labute approximate surface area is 284 Å². The number of alkyl carbamates (subject to hydrolysis) is 1. The molecule has 50 heavy (non-hydrogen) atoms. The SMILES string of the molecule is COc1ccc(NC(=O)CN(CCNC(=O)OC(C)(C)C)C(=O)Cn2cnc3c(=O)[nH]c(NC(=O)OCc4ccccc4)nc32)c([N+](=O)[O-])c1. The molecule has 4 aromatic rings. The second-order valence-electron chi connectivity index (χ2n) is 11.6. The third-order valence-electron chi connectivity index (χ3n) is 6.63. The van der Waals surface area contributed by atoms with Crippen LogP contribution in [0, 0.1) is 10.1 Å². The normalized spacial score (nSPS) is 11.0. The number of nitrogens with one attached hydrogen (secondary N) is 4. The minimum absolute atomic E-state index is 0.0381. The number of H-pyrrole nitrogens is 1. The van der Waals surface area contributed by atoms with E-state index in [2.05, 4.69) is 30.9 Å². The highest BCUT2D eigenvalue weighted by Crippen LogP contribution is 2.29. The molecule has 0 atom stereocenters. The predicted molar refractivity (Wildman–Crippen MR) is 177 cm³/mol. The molecule has 4 rings (SSSR count). The maximum absolute atomic E-state index is 13.6. The summed E-state index contributed by atoms with van der Waals surface area (Å²) in [5, 5.41) is 18.9. The molecule has 2 aromatic carbocycles. The van der Waals surface area contributed by atoms with Gasteiger partial charge in [0.15, 0.2) is 11.2 Å². The fraction of sp³-hybridized carbons (Fsp3) is 0.323. The molecule has 2 aromatic heterocycles. The molecule has 0 aliphatic heterocycles. The third-order valence-corrected chi connectivity index (χ3v) is 6.63. The Morgan fingerprint density at radius 1 is 1.06 bits per heavy atom. The van der Waals surface area contributed by atoms with E-state index in [0.29, 0.717) is 0 Å². The Kier molecular flexibility index (Phi) is 11.7. The molecule has 0 saturated carbocycles. The first-order valence-corrected chi connectivity index (χ1v) is 15.0. The summed E-state index contributed by atoms with van der Waals surface area (Å²) in [6.45, 7) is 3.61. The van der Waals surface area contributed by atoms with Crippen molar-refractivity contribution in [1.29, 1.82) is 0 Å². The smallest absolute Gasteiger partial charge is 0.414 e. The molecule has 4 N–H and O–H groups in total. The number of hydrogen-bond donors (Lipinski definition) is 4. The fourth-order valence-electron chi connectivity index (χ4n) is 4.39. The zero-order valence-corrected chi connectivity index (χ0v) is 27.6. The zero-order chi connectivity index (χ0) is 36.4. The topological polar surface area (TPSA) is 242 Å². The largest absolute Gasteiger partial charge is 0.496 e. The first-order valence-electron chi connectivity index (χ1n) is 15.0. The van der Waals surface area contributed by atoms with Crippen molar-refractivity contribution in [1.82, 2.24) is 29.7 Å². The van der Waals surface area contributed by atoms with Crippen LogP contribution < -0.4 is 26.2 Å². The zero-order valence-electron chi connectivity index (χ0n) is 27.6. The van der Waals surface area contributed by atoms with E-state index in [1.54, 1.807) is 45.0 Å². The summed E-state index contributed by atoms with van der Waals surface area (Å²) in [5.41, 5.74) is -1.53. The standard InChI is InChI=1S/C31H35N9O10/c1-31(2,3)50-29(44)32-12-13-38(15-23(41)34-21-11-10-20(48-4)14-22(21)40(46)47)24(42)16-39-18-33-25-26(39)35-28(36-27(25)43)37-30(45)49-17-19-8-6-5-7-9-19/h5-11,14,18H,12-13,15-17H2,1-4H3,(H,32,44)(H,34,41)(H2,35,36,37,43,45). The van der Waals surface area contributed by atoms with Gasteiger partial charge in [0, 0.05) is 13.1 Å². The molecule has 0 radical (unpaired) electrons. The van der Waals surface area contributed by atoms with Gasteiger partial charge in [-0.1, -0.05) is 30.3 Å². The van der Waals surface area contributed by atoms with Crippen molar-refractivity contribution in [3.63, 3.8) is 0 Å². The minimum atomic E-state index is -0.898. The van der Waals surface area contributed by atoms with Crippen molar-refractivity contribution in [3.8, 4) is 5.75 Å². The Morgan fingerprint density at radius 2 is 1.80 bits per heavy atom. The average molecular weight is 694 g/mol. The van der Waals surface area contributed by atoms with Gasteiger partial charge in [0.2, 0.25) is 17.8 Å². The molecule has 2 heterocycles. The van der Waals surface area contributed by atoms with Gasteiger partial charge in [-0.3, -0.25) is 34.8 Å². The number of nitro benzene ring substituents is 1. The predicted octanol–water partition coefficient (Wildman–Crippen LogP) is 2.78. The van der Waals surface area contributed by atoms with Crippen LogP contribution in [0.4, 0.5) is 26.9 Å². The highest BCUT2D eigenvalue weighted by Gasteiger charge is 2.24. The molecule has 0 spiro atoms. The molecule has 0 saturated heterocycles. The molecule has 19 nitrogen and oxygen atoms in total. The van der Waals surface area contributed by atoms with Gasteiger partial charge in [0.25, 0.3) is 11.2 Å². The maximum atomic E-state index is 13.6. The van der Waals surface area contributed by atoms with E-state index in [4.69, 9.17) is 14.2 Å². The second kappa shape index (κ2) is 16.0. The monoisotopic (exact) mass is 693 g/mol. The Morgan fingerprint density at radius 3 is 2.48 bits per heavy atom. The van der Waals surface area contributed by atoms with E-state index >= 15 is 0 Å². The number of aromatic nitrogens is 4. The first kappa shape index (κ1) is 36.3. The van der Waals surface area contributed by atoms with Gasteiger partial charge >= 0.3 is 12.2 Å². The summed E-state index contributed by atoms with van der Waals surface area (Å²) in [6.07, 6.45) is -0.472. The van der Waals surface area contributed by atoms with E-state index in [1.165, 1.54) is 30.1 Å². The van der Waals surface area contributed by atoms with Gasteiger partial charge in [-0.05, 0) is 38.5 Å². The number of benzene rings is 2. The van der Waals surface area contributed by atoms with Crippen molar-refractivity contribution >= 4 is 52.5 Å². The van der Waals surface area contributed by atoms with Crippen LogP contribution >= 0.6 is 0 Å². The van der Waals surface area contributed by atoms with Crippen LogP contribution in [0.15, 0.2) is 59.7 Å². The summed E-state index contributed by atoms with van der Waals surface area (Å²) in [4.78, 5) is 86.6. The van der Waals surface area contributed by atoms with Crippen molar-refractivity contribution < 1.29 is 38.3 Å². The molecule has 0 aliphatic rings. The molecule has 264 valence electrons. The summed E-state index contributed by atoms with van der Waals surface area (Å²) >= 11 is 0. The van der Waals surface area contributed by atoms with Crippen LogP contribution in [0.5, 0.6) is 5.75 Å². The molecular formula is C31H35N9O10. The number of nitrogens with zero attached hydrogens (tertiary/aromatic N) is 5. The van der Waals surface area contributed by atoms with E-state index in [0.717, 1.165) is 16.5 Å². The third kappa shape index (κ3) is 10.2. The summed E-state index contributed by atoms with van der Waals surface area (Å²) in [6, 6.07) is 12.7. The van der Waals surface area contributed by atoms with Crippen LogP contribution in [-0.2, 0) is 32.2 Å². The minimum Gasteiger partial charge on any atom is -0.496 e. The van der Waals surface area contributed by atoms with Crippen LogP contribution in [0.25, 0.3) is 11.2 Å². The van der Waals surface area contributed by atoms with Gasteiger partial charge in [0.05, 0.1) is 31.0 Å². The summed E-state index contributed by atoms with van der Waals surface area (Å²) in [7, 11) is 1.33. The van der Waals surface area contributed by atoms with Crippen molar-refractivity contribution in [2.24, 2.45) is 0 Å². The number of hydrogen-bond acceptors (Lipinski definition) is 12. The number of carbonyl (C=O) groups is 4. The highest BCUT2D eigenvalue weighted by atomic mass is 16.6. The van der Waals surface area contributed by atoms with E-state index in [9.17, 15) is 34.1 Å². The lowest BCUT2D eigenvalue weighted by atomic mass is 10.2. The highest BCUT2D eigenvalue weighted by molar-refractivity contribution is 5.96.